The quantitative estimate of drug-likeness (QED) is 0.876. The number of fused-ring (bicyclic) bond motifs is 1. The molecule has 100 valence electrons. The van der Waals surface area contributed by atoms with E-state index in [9.17, 15) is 4.79 Å². The van der Waals surface area contributed by atoms with Gasteiger partial charge >= 0.3 is 0 Å². The van der Waals surface area contributed by atoms with Crippen LogP contribution in [0.25, 0.3) is 5.65 Å². The van der Waals surface area contributed by atoms with Gasteiger partial charge in [0.15, 0.2) is 0 Å². The number of amides is 1. The van der Waals surface area contributed by atoms with Crippen molar-refractivity contribution < 1.29 is 4.79 Å². The smallest absolute Gasteiger partial charge is 0.239 e. The van der Waals surface area contributed by atoms with E-state index in [0.29, 0.717) is 6.54 Å². The summed E-state index contributed by atoms with van der Waals surface area (Å²) in [4.78, 5) is 18.6. The summed E-state index contributed by atoms with van der Waals surface area (Å²) in [5, 5.41) is 3.22. The van der Waals surface area contributed by atoms with E-state index in [0.717, 1.165) is 30.9 Å². The van der Waals surface area contributed by atoms with Crippen molar-refractivity contribution in [2.75, 3.05) is 13.1 Å². The molecule has 5 heteroatoms. The molecular formula is C14H18N4O. The first-order valence-corrected chi connectivity index (χ1v) is 6.69. The topological polar surface area (TPSA) is 49.6 Å². The SMILES string of the molecule is CC1NCCCN(Cc2cn3ccccc3n2)C1=O. The molecule has 3 rings (SSSR count). The highest BCUT2D eigenvalue weighted by atomic mass is 16.2. The third kappa shape index (κ3) is 2.46. The van der Waals surface area contributed by atoms with Gasteiger partial charge in [-0.2, -0.15) is 0 Å². The molecule has 5 nitrogen and oxygen atoms in total. The Labute approximate surface area is 112 Å². The predicted molar refractivity (Wildman–Crippen MR) is 72.7 cm³/mol. The molecule has 2 aromatic rings. The zero-order valence-corrected chi connectivity index (χ0v) is 11.0. The number of imidazole rings is 1. The highest BCUT2D eigenvalue weighted by Crippen LogP contribution is 2.10. The normalized spacial score (nSPS) is 20.8. The second-order valence-electron chi connectivity index (χ2n) is 4.99. The number of carbonyl (C=O) groups is 1. The molecule has 1 saturated heterocycles. The van der Waals surface area contributed by atoms with E-state index in [2.05, 4.69) is 10.3 Å². The Morgan fingerprint density at radius 2 is 2.37 bits per heavy atom. The van der Waals surface area contributed by atoms with E-state index >= 15 is 0 Å². The van der Waals surface area contributed by atoms with Crippen LogP contribution in [0.15, 0.2) is 30.6 Å². The zero-order chi connectivity index (χ0) is 13.2. The molecule has 1 aliphatic rings. The fourth-order valence-corrected chi connectivity index (χ4v) is 2.48. The van der Waals surface area contributed by atoms with Crippen molar-refractivity contribution in [1.82, 2.24) is 19.6 Å². The molecule has 1 atom stereocenters. The van der Waals surface area contributed by atoms with Gasteiger partial charge in [-0.25, -0.2) is 4.98 Å². The molecule has 1 amide bonds. The van der Waals surface area contributed by atoms with E-state index in [1.807, 2.05) is 46.8 Å². The molecule has 0 saturated carbocycles. The van der Waals surface area contributed by atoms with Crippen LogP contribution in [0.3, 0.4) is 0 Å². The average Bonchev–Trinajstić information content (AvgIpc) is 2.76. The minimum Gasteiger partial charge on any atom is -0.335 e. The first kappa shape index (κ1) is 12.2. The van der Waals surface area contributed by atoms with Gasteiger partial charge in [-0.1, -0.05) is 6.07 Å². The Morgan fingerprint density at radius 1 is 1.47 bits per heavy atom. The maximum atomic E-state index is 12.2. The maximum Gasteiger partial charge on any atom is 0.239 e. The van der Waals surface area contributed by atoms with E-state index in [1.165, 1.54) is 0 Å². The lowest BCUT2D eigenvalue weighted by molar-refractivity contribution is -0.132. The van der Waals surface area contributed by atoms with Gasteiger partial charge in [0.25, 0.3) is 0 Å². The molecule has 0 radical (unpaired) electrons. The van der Waals surface area contributed by atoms with Crippen molar-refractivity contribution in [2.24, 2.45) is 0 Å². The van der Waals surface area contributed by atoms with Gasteiger partial charge in [0, 0.05) is 18.9 Å². The largest absolute Gasteiger partial charge is 0.335 e. The van der Waals surface area contributed by atoms with E-state index in [-0.39, 0.29) is 11.9 Å². The Hall–Kier alpha value is -1.88. The summed E-state index contributed by atoms with van der Waals surface area (Å²) in [6.45, 7) is 4.20. The van der Waals surface area contributed by atoms with Crippen LogP contribution < -0.4 is 5.32 Å². The molecule has 1 fully saturated rings. The van der Waals surface area contributed by atoms with Crippen LogP contribution in [-0.4, -0.2) is 39.3 Å². The summed E-state index contributed by atoms with van der Waals surface area (Å²) in [5.74, 6) is 0.162. The lowest BCUT2D eigenvalue weighted by Gasteiger charge is -2.21. The summed E-state index contributed by atoms with van der Waals surface area (Å²) >= 11 is 0. The van der Waals surface area contributed by atoms with Gasteiger partial charge in [-0.15, -0.1) is 0 Å². The summed E-state index contributed by atoms with van der Waals surface area (Å²) in [6.07, 6.45) is 4.95. The summed E-state index contributed by atoms with van der Waals surface area (Å²) in [7, 11) is 0. The Bertz CT molecular complexity index is 559. The standard InChI is InChI=1S/C14H18N4O/c1-11-14(19)18(8-4-6-15-11)10-12-9-17-7-3-2-5-13(17)16-12/h2-3,5,7,9,11,15H,4,6,8,10H2,1H3. The monoisotopic (exact) mass is 258 g/mol. The number of rotatable bonds is 2. The minimum absolute atomic E-state index is 0.0977. The molecule has 1 N–H and O–H groups in total. The van der Waals surface area contributed by atoms with Crippen molar-refractivity contribution in [2.45, 2.75) is 25.9 Å². The van der Waals surface area contributed by atoms with Crippen LogP contribution in [0, 0.1) is 0 Å². The number of nitrogens with one attached hydrogen (secondary N) is 1. The molecular weight excluding hydrogens is 240 g/mol. The Balaban J connectivity index is 1.81. The van der Waals surface area contributed by atoms with Crippen LogP contribution in [0.5, 0.6) is 0 Å². The summed E-state index contributed by atoms with van der Waals surface area (Å²) in [5.41, 5.74) is 1.86. The van der Waals surface area contributed by atoms with Gasteiger partial charge in [0.1, 0.15) is 5.65 Å². The van der Waals surface area contributed by atoms with Gasteiger partial charge in [0.05, 0.1) is 18.3 Å². The molecule has 0 spiro atoms. The highest BCUT2D eigenvalue weighted by molar-refractivity contribution is 5.81. The molecule has 0 aliphatic carbocycles. The number of nitrogens with zero attached hydrogens (tertiary/aromatic N) is 3. The van der Waals surface area contributed by atoms with Gasteiger partial charge in [0.2, 0.25) is 5.91 Å². The number of carbonyl (C=O) groups excluding carboxylic acids is 1. The number of pyridine rings is 1. The molecule has 0 bridgehead atoms. The zero-order valence-electron chi connectivity index (χ0n) is 11.0. The van der Waals surface area contributed by atoms with Crippen molar-refractivity contribution >= 4 is 11.6 Å². The first-order chi connectivity index (χ1) is 9.24. The van der Waals surface area contributed by atoms with Crippen LogP contribution >= 0.6 is 0 Å². The van der Waals surface area contributed by atoms with Crippen LogP contribution in [0.1, 0.15) is 19.0 Å². The second-order valence-corrected chi connectivity index (χ2v) is 4.99. The molecule has 19 heavy (non-hydrogen) atoms. The molecule has 0 aromatic carbocycles. The Morgan fingerprint density at radius 3 is 3.21 bits per heavy atom. The summed E-state index contributed by atoms with van der Waals surface area (Å²) < 4.78 is 1.99. The van der Waals surface area contributed by atoms with E-state index in [4.69, 9.17) is 0 Å². The lowest BCUT2D eigenvalue weighted by atomic mass is 10.3. The van der Waals surface area contributed by atoms with Crippen LogP contribution in [0.4, 0.5) is 0 Å². The summed E-state index contributed by atoms with van der Waals surface area (Å²) in [6, 6.07) is 5.81. The van der Waals surface area contributed by atoms with Crippen molar-refractivity contribution in [3.8, 4) is 0 Å². The van der Waals surface area contributed by atoms with Gasteiger partial charge in [-0.3, -0.25) is 4.79 Å². The first-order valence-electron chi connectivity index (χ1n) is 6.69. The highest BCUT2D eigenvalue weighted by Gasteiger charge is 2.23. The molecule has 1 unspecified atom stereocenters. The fraction of sp³-hybridized carbons (Fsp3) is 0.429. The van der Waals surface area contributed by atoms with Gasteiger partial charge < -0.3 is 14.6 Å². The molecule has 1 aliphatic heterocycles. The molecule has 3 heterocycles. The third-order valence-electron chi connectivity index (χ3n) is 3.50. The molecule has 2 aromatic heterocycles. The van der Waals surface area contributed by atoms with Crippen LogP contribution in [-0.2, 0) is 11.3 Å². The van der Waals surface area contributed by atoms with E-state index in [1.54, 1.807) is 0 Å². The second kappa shape index (κ2) is 5.01. The van der Waals surface area contributed by atoms with Crippen LogP contribution in [0.2, 0.25) is 0 Å². The predicted octanol–water partition coefficient (Wildman–Crippen LogP) is 1.04. The maximum absolute atomic E-state index is 12.2. The van der Waals surface area contributed by atoms with Crippen molar-refractivity contribution in [3.63, 3.8) is 0 Å². The van der Waals surface area contributed by atoms with Crippen molar-refractivity contribution in [1.29, 1.82) is 0 Å². The fourth-order valence-electron chi connectivity index (χ4n) is 2.48. The number of aromatic nitrogens is 2. The van der Waals surface area contributed by atoms with Crippen molar-refractivity contribution in [3.05, 3.63) is 36.3 Å². The van der Waals surface area contributed by atoms with Gasteiger partial charge in [-0.05, 0) is 32.0 Å². The van der Waals surface area contributed by atoms with E-state index < -0.39 is 0 Å². The number of hydrogen-bond donors (Lipinski definition) is 1. The Kier molecular flexibility index (Phi) is 3.21. The number of hydrogen-bond acceptors (Lipinski definition) is 3. The third-order valence-corrected chi connectivity index (χ3v) is 3.50. The minimum atomic E-state index is -0.0977. The lowest BCUT2D eigenvalue weighted by Crippen LogP contribution is -2.41. The average molecular weight is 258 g/mol.